The van der Waals surface area contributed by atoms with E-state index in [1.54, 1.807) is 5.57 Å². The summed E-state index contributed by atoms with van der Waals surface area (Å²) in [4.78, 5) is 0. The summed E-state index contributed by atoms with van der Waals surface area (Å²) in [5.74, 6) is 2.88. The van der Waals surface area contributed by atoms with E-state index in [2.05, 4.69) is 19.9 Å². The van der Waals surface area contributed by atoms with E-state index in [0.717, 1.165) is 43.4 Å². The highest BCUT2D eigenvalue weighted by Crippen LogP contribution is 2.66. The zero-order valence-corrected chi connectivity index (χ0v) is 14.9. The van der Waals surface area contributed by atoms with Gasteiger partial charge in [-0.05, 0) is 92.4 Å². The normalized spacial score (nSPS) is 51.4. The Bertz CT molecular complexity index is 570. The van der Waals surface area contributed by atoms with E-state index in [1.807, 2.05) is 6.92 Å². The van der Waals surface area contributed by atoms with E-state index in [4.69, 9.17) is 0 Å². The molecule has 4 aliphatic carbocycles. The molecule has 3 unspecified atom stereocenters. The van der Waals surface area contributed by atoms with Gasteiger partial charge in [-0.2, -0.15) is 0 Å². The molecule has 0 aromatic heterocycles. The Morgan fingerprint density at radius 1 is 1.09 bits per heavy atom. The number of fused-ring (bicyclic) bond motifs is 5. The van der Waals surface area contributed by atoms with Crippen molar-refractivity contribution in [2.75, 3.05) is 0 Å². The lowest BCUT2D eigenvalue weighted by Crippen LogP contribution is -2.49. The molecule has 0 aliphatic heterocycles. The summed E-state index contributed by atoms with van der Waals surface area (Å²) < 4.78 is 0. The average molecular weight is 316 g/mol. The molecule has 6 atom stereocenters. The van der Waals surface area contributed by atoms with Gasteiger partial charge in [-0.15, -0.1) is 0 Å². The lowest BCUT2D eigenvalue weighted by molar-refractivity contribution is -0.0275. The SMILES string of the molecule is C/C(O)=C1/CCC2C3CC=C4C[C@@H](O)CC[C@]4(C)C3CC[C@]12C. The van der Waals surface area contributed by atoms with E-state index in [1.165, 1.54) is 31.3 Å². The molecule has 128 valence electrons. The van der Waals surface area contributed by atoms with Crippen LogP contribution >= 0.6 is 0 Å². The van der Waals surface area contributed by atoms with Gasteiger partial charge in [-0.3, -0.25) is 0 Å². The molecule has 0 saturated heterocycles. The maximum atomic E-state index is 10.2. The molecule has 2 N–H and O–H groups in total. The van der Waals surface area contributed by atoms with Crippen molar-refractivity contribution in [3.8, 4) is 0 Å². The number of hydrogen-bond donors (Lipinski definition) is 2. The third-order valence-corrected chi connectivity index (χ3v) is 8.30. The molecule has 4 rings (SSSR count). The van der Waals surface area contributed by atoms with Gasteiger partial charge in [-0.25, -0.2) is 0 Å². The number of aliphatic hydroxyl groups excluding tert-OH is 2. The largest absolute Gasteiger partial charge is 0.513 e. The van der Waals surface area contributed by atoms with Crippen LogP contribution in [-0.4, -0.2) is 16.3 Å². The number of allylic oxidation sites excluding steroid dienone is 3. The van der Waals surface area contributed by atoms with Crippen LogP contribution in [0.3, 0.4) is 0 Å². The second kappa shape index (κ2) is 5.12. The predicted octanol–water partition coefficient (Wildman–Crippen LogP) is 5.14. The van der Waals surface area contributed by atoms with Gasteiger partial charge in [0.2, 0.25) is 0 Å². The summed E-state index contributed by atoms with van der Waals surface area (Å²) >= 11 is 0. The number of aliphatic hydroxyl groups is 2. The molecular weight excluding hydrogens is 284 g/mol. The molecule has 3 saturated carbocycles. The van der Waals surface area contributed by atoms with E-state index >= 15 is 0 Å². The van der Waals surface area contributed by atoms with Gasteiger partial charge in [0.1, 0.15) is 0 Å². The third-order valence-electron chi connectivity index (χ3n) is 8.30. The minimum absolute atomic E-state index is 0.113. The molecular formula is C21H32O2. The first-order valence-corrected chi connectivity index (χ1v) is 9.63. The van der Waals surface area contributed by atoms with Crippen LogP contribution in [0.4, 0.5) is 0 Å². The Morgan fingerprint density at radius 3 is 2.52 bits per heavy atom. The number of hydrogen-bond acceptors (Lipinski definition) is 2. The maximum Gasteiger partial charge on any atom is 0.0889 e. The van der Waals surface area contributed by atoms with Gasteiger partial charge in [0.25, 0.3) is 0 Å². The first kappa shape index (κ1) is 15.7. The van der Waals surface area contributed by atoms with Crippen molar-refractivity contribution in [2.24, 2.45) is 28.6 Å². The fourth-order valence-electron chi connectivity index (χ4n) is 7.05. The summed E-state index contributed by atoms with van der Waals surface area (Å²) in [6.07, 6.45) is 11.5. The first-order chi connectivity index (χ1) is 10.9. The van der Waals surface area contributed by atoms with Crippen molar-refractivity contribution in [1.82, 2.24) is 0 Å². The third kappa shape index (κ3) is 2.10. The summed E-state index contributed by atoms with van der Waals surface area (Å²) in [7, 11) is 0. The van der Waals surface area contributed by atoms with Crippen LogP contribution in [0.15, 0.2) is 23.0 Å². The Labute approximate surface area is 140 Å². The number of rotatable bonds is 0. The van der Waals surface area contributed by atoms with Gasteiger partial charge >= 0.3 is 0 Å². The predicted molar refractivity (Wildman–Crippen MR) is 93.0 cm³/mol. The molecule has 0 bridgehead atoms. The fourth-order valence-corrected chi connectivity index (χ4v) is 7.05. The summed E-state index contributed by atoms with van der Waals surface area (Å²) in [6.45, 7) is 6.78. The zero-order chi connectivity index (χ0) is 16.4. The second-order valence-corrected chi connectivity index (χ2v) is 9.21. The Morgan fingerprint density at radius 2 is 1.78 bits per heavy atom. The van der Waals surface area contributed by atoms with Crippen LogP contribution in [0.1, 0.15) is 72.1 Å². The van der Waals surface area contributed by atoms with E-state index in [-0.39, 0.29) is 11.5 Å². The lowest BCUT2D eigenvalue weighted by Gasteiger charge is -2.57. The molecule has 0 aromatic rings. The second-order valence-electron chi connectivity index (χ2n) is 9.21. The van der Waals surface area contributed by atoms with Crippen molar-refractivity contribution >= 4 is 0 Å². The Kier molecular flexibility index (Phi) is 3.50. The molecule has 0 radical (unpaired) electrons. The first-order valence-electron chi connectivity index (χ1n) is 9.63. The summed E-state index contributed by atoms with van der Waals surface area (Å²) in [6, 6.07) is 0. The highest BCUT2D eigenvalue weighted by Gasteiger charge is 2.57. The summed E-state index contributed by atoms with van der Waals surface area (Å²) in [5, 5.41) is 20.2. The van der Waals surface area contributed by atoms with Crippen molar-refractivity contribution in [3.63, 3.8) is 0 Å². The van der Waals surface area contributed by atoms with Crippen LogP contribution in [0, 0.1) is 28.6 Å². The van der Waals surface area contributed by atoms with Gasteiger partial charge < -0.3 is 10.2 Å². The smallest absolute Gasteiger partial charge is 0.0889 e. The Hall–Kier alpha value is -0.760. The van der Waals surface area contributed by atoms with E-state index in [9.17, 15) is 10.2 Å². The van der Waals surface area contributed by atoms with Crippen molar-refractivity contribution < 1.29 is 10.2 Å². The molecule has 0 heterocycles. The van der Waals surface area contributed by atoms with Crippen molar-refractivity contribution in [2.45, 2.75) is 78.2 Å². The fraction of sp³-hybridized carbons (Fsp3) is 0.810. The quantitative estimate of drug-likeness (QED) is 0.480. The minimum atomic E-state index is -0.113. The molecule has 0 aromatic carbocycles. The molecule has 3 fully saturated rings. The topological polar surface area (TPSA) is 40.5 Å². The van der Waals surface area contributed by atoms with Crippen LogP contribution in [0.2, 0.25) is 0 Å². The van der Waals surface area contributed by atoms with Crippen LogP contribution in [0.5, 0.6) is 0 Å². The Balaban J connectivity index is 1.69. The highest BCUT2D eigenvalue weighted by atomic mass is 16.3. The molecule has 2 heteroatoms. The lowest BCUT2D eigenvalue weighted by atomic mass is 9.48. The monoisotopic (exact) mass is 316 g/mol. The minimum Gasteiger partial charge on any atom is -0.513 e. The van der Waals surface area contributed by atoms with Crippen LogP contribution in [-0.2, 0) is 0 Å². The van der Waals surface area contributed by atoms with Crippen molar-refractivity contribution in [3.05, 3.63) is 23.0 Å². The van der Waals surface area contributed by atoms with E-state index in [0.29, 0.717) is 11.2 Å². The zero-order valence-electron chi connectivity index (χ0n) is 14.9. The standard InChI is InChI=1S/C21H32O2/c1-13(22)17-6-7-18-16-5-4-14-12-15(23)8-10-20(14,2)19(16)9-11-21(17,18)3/h4,15-16,18-19,22-23H,5-12H2,1-3H3/b17-13+/t15-,16?,18?,19?,20-,21+/m0/s1. The van der Waals surface area contributed by atoms with Gasteiger partial charge in [0.15, 0.2) is 0 Å². The van der Waals surface area contributed by atoms with E-state index < -0.39 is 0 Å². The molecule has 23 heavy (non-hydrogen) atoms. The molecule has 4 aliphatic rings. The molecule has 0 amide bonds. The average Bonchev–Trinajstić information content (AvgIpc) is 2.85. The van der Waals surface area contributed by atoms with Crippen molar-refractivity contribution in [1.29, 1.82) is 0 Å². The molecule has 0 spiro atoms. The van der Waals surface area contributed by atoms with Gasteiger partial charge in [-0.1, -0.05) is 25.5 Å². The van der Waals surface area contributed by atoms with Gasteiger partial charge in [0.05, 0.1) is 11.9 Å². The maximum absolute atomic E-state index is 10.2. The van der Waals surface area contributed by atoms with Crippen LogP contribution < -0.4 is 0 Å². The highest BCUT2D eigenvalue weighted by molar-refractivity contribution is 5.30. The molecule has 2 nitrogen and oxygen atoms in total. The summed E-state index contributed by atoms with van der Waals surface area (Å²) in [5.41, 5.74) is 3.45. The van der Waals surface area contributed by atoms with Gasteiger partial charge in [0, 0.05) is 0 Å². The van der Waals surface area contributed by atoms with Crippen LogP contribution in [0.25, 0.3) is 0 Å².